The van der Waals surface area contributed by atoms with E-state index in [-0.39, 0.29) is 30.4 Å². The Kier molecular flexibility index (Phi) is 6.61. The molecule has 0 radical (unpaired) electrons. The molecule has 2 atom stereocenters. The number of benzene rings is 2. The van der Waals surface area contributed by atoms with E-state index in [1.165, 1.54) is 11.3 Å². The molecule has 184 valence electrons. The van der Waals surface area contributed by atoms with Gasteiger partial charge >= 0.3 is 5.97 Å². The number of fused-ring (bicyclic) bond motifs is 1. The maximum atomic E-state index is 13.8. The maximum Gasteiger partial charge on any atom is 0.303 e. The largest absolute Gasteiger partial charge is 0.497 e. The number of anilines is 2. The number of ketones is 1. The fourth-order valence-corrected chi connectivity index (χ4v) is 5.85. The van der Waals surface area contributed by atoms with E-state index >= 15 is 0 Å². The molecule has 2 heterocycles. The minimum atomic E-state index is -1.03. The van der Waals surface area contributed by atoms with Crippen LogP contribution in [0.1, 0.15) is 48.1 Å². The second kappa shape index (κ2) is 9.99. The first-order valence-corrected chi connectivity index (χ1v) is 12.7. The van der Waals surface area contributed by atoms with Gasteiger partial charge in [0, 0.05) is 29.0 Å². The summed E-state index contributed by atoms with van der Waals surface area (Å²) >= 11 is 1.48. The summed E-state index contributed by atoms with van der Waals surface area (Å²) in [6.45, 7) is 0. The molecule has 8 heteroatoms. The lowest BCUT2D eigenvalue weighted by Crippen LogP contribution is -2.38. The number of thiophene rings is 1. The number of aliphatic carboxylic acids is 1. The summed E-state index contributed by atoms with van der Waals surface area (Å²) in [5, 5.41) is 14.6. The standard InChI is InChI=1S/C28H26N2O5S/c1-35-19-10-8-17(9-11-19)18-15-21-27(23(31)16-18)28(24-7-4-14-36-24)30(25(32)12-13-26(33)34)22-6-3-2-5-20(22)29-21/h2-11,14,18,28-29H,12-13,15-16H2,1H3,(H,33,34)/t18-,28-/m1/s1. The van der Waals surface area contributed by atoms with Crippen molar-refractivity contribution >= 4 is 40.4 Å². The zero-order valence-corrected chi connectivity index (χ0v) is 20.6. The van der Waals surface area contributed by atoms with Crippen LogP contribution in [0.25, 0.3) is 0 Å². The van der Waals surface area contributed by atoms with Crippen LogP contribution in [0.3, 0.4) is 0 Å². The molecule has 2 aliphatic rings. The molecule has 2 aromatic carbocycles. The second-order valence-corrected chi connectivity index (χ2v) is 9.89. The topological polar surface area (TPSA) is 95.9 Å². The lowest BCUT2D eigenvalue weighted by Gasteiger charge is -2.34. The van der Waals surface area contributed by atoms with Crippen LogP contribution in [-0.2, 0) is 14.4 Å². The Hall–Kier alpha value is -3.91. The minimum Gasteiger partial charge on any atom is -0.497 e. The molecule has 1 aliphatic heterocycles. The van der Waals surface area contributed by atoms with E-state index in [1.54, 1.807) is 12.0 Å². The lowest BCUT2D eigenvalue weighted by molar-refractivity contribution is -0.138. The van der Waals surface area contributed by atoms with Crippen LogP contribution in [0, 0.1) is 0 Å². The minimum absolute atomic E-state index is 0.0138. The summed E-state index contributed by atoms with van der Waals surface area (Å²) in [6, 6.07) is 18.4. The van der Waals surface area contributed by atoms with Crippen molar-refractivity contribution in [3.8, 4) is 5.75 Å². The van der Waals surface area contributed by atoms with E-state index in [4.69, 9.17) is 4.74 Å². The van der Waals surface area contributed by atoms with Gasteiger partial charge < -0.3 is 15.2 Å². The van der Waals surface area contributed by atoms with E-state index in [0.29, 0.717) is 24.1 Å². The number of methoxy groups -OCH3 is 1. The molecular formula is C28H26N2O5S. The number of ether oxygens (including phenoxy) is 1. The van der Waals surface area contributed by atoms with Crippen LogP contribution in [-0.4, -0.2) is 29.9 Å². The van der Waals surface area contributed by atoms with Crippen LogP contribution in [0.4, 0.5) is 11.4 Å². The number of carboxylic acids is 1. The van der Waals surface area contributed by atoms with Crippen molar-refractivity contribution in [1.29, 1.82) is 0 Å². The summed E-state index contributed by atoms with van der Waals surface area (Å²) < 4.78 is 5.28. The highest BCUT2D eigenvalue weighted by Crippen LogP contribution is 2.48. The third-order valence-electron chi connectivity index (χ3n) is 6.71. The Balaban J connectivity index is 1.62. The fourth-order valence-electron chi connectivity index (χ4n) is 5.03. The van der Waals surface area contributed by atoms with E-state index in [2.05, 4.69) is 5.32 Å². The summed E-state index contributed by atoms with van der Waals surface area (Å²) in [5.74, 6) is -0.639. The molecule has 3 aromatic rings. The average molecular weight is 503 g/mol. The van der Waals surface area contributed by atoms with Gasteiger partial charge in [-0.1, -0.05) is 30.3 Å². The lowest BCUT2D eigenvalue weighted by atomic mass is 9.79. The SMILES string of the molecule is COc1ccc([C@H]2CC(=O)C3=C(C2)Nc2ccccc2N(C(=O)CCC(=O)O)[C@@H]3c2cccs2)cc1. The normalized spacial score (nSPS) is 19.1. The zero-order chi connectivity index (χ0) is 25.2. The van der Waals surface area contributed by atoms with Crippen molar-refractivity contribution < 1.29 is 24.2 Å². The van der Waals surface area contributed by atoms with Crippen molar-refractivity contribution in [2.45, 2.75) is 37.6 Å². The maximum absolute atomic E-state index is 13.8. The molecule has 1 amide bonds. The molecule has 0 unspecified atom stereocenters. The van der Waals surface area contributed by atoms with Crippen molar-refractivity contribution in [1.82, 2.24) is 0 Å². The number of nitrogens with one attached hydrogen (secondary N) is 1. The number of rotatable bonds is 6. The smallest absolute Gasteiger partial charge is 0.303 e. The van der Waals surface area contributed by atoms with Crippen LogP contribution in [0.15, 0.2) is 77.3 Å². The number of allylic oxidation sites excluding steroid dienone is 1. The number of amides is 1. The molecule has 7 nitrogen and oxygen atoms in total. The number of Topliss-reactive ketones (excluding diaryl/α,β-unsaturated/α-hetero) is 1. The number of para-hydroxylation sites is 2. The molecule has 2 N–H and O–H groups in total. The first-order chi connectivity index (χ1) is 17.5. The molecule has 0 saturated heterocycles. The number of hydrogen-bond acceptors (Lipinski definition) is 6. The molecule has 0 bridgehead atoms. The van der Waals surface area contributed by atoms with Crippen LogP contribution in [0.5, 0.6) is 5.75 Å². The van der Waals surface area contributed by atoms with Gasteiger partial charge in [-0.3, -0.25) is 19.3 Å². The predicted octanol–water partition coefficient (Wildman–Crippen LogP) is 5.52. The number of carbonyl (C=O) groups excluding carboxylic acids is 2. The number of hydrogen-bond donors (Lipinski definition) is 2. The van der Waals surface area contributed by atoms with E-state index in [9.17, 15) is 19.5 Å². The summed E-state index contributed by atoms with van der Waals surface area (Å²) in [7, 11) is 1.62. The first kappa shape index (κ1) is 23.8. The molecule has 36 heavy (non-hydrogen) atoms. The molecule has 0 spiro atoms. The Morgan fingerprint density at radius 2 is 1.83 bits per heavy atom. The van der Waals surface area contributed by atoms with Crippen molar-refractivity contribution in [3.63, 3.8) is 0 Å². The van der Waals surface area contributed by atoms with Gasteiger partial charge in [0.05, 0.1) is 24.9 Å². The Morgan fingerprint density at radius 3 is 2.53 bits per heavy atom. The van der Waals surface area contributed by atoms with Crippen LogP contribution < -0.4 is 15.0 Å². The highest BCUT2D eigenvalue weighted by atomic mass is 32.1. The molecule has 5 rings (SSSR count). The third kappa shape index (κ3) is 4.52. The second-order valence-electron chi connectivity index (χ2n) is 8.91. The highest BCUT2D eigenvalue weighted by Gasteiger charge is 2.41. The monoisotopic (exact) mass is 502 g/mol. The molecule has 0 fully saturated rings. The summed E-state index contributed by atoms with van der Waals surface area (Å²) in [6.07, 6.45) is 0.501. The zero-order valence-electron chi connectivity index (χ0n) is 19.8. The molecule has 1 aliphatic carbocycles. The number of carboxylic acid groups (broad SMARTS) is 1. The van der Waals surface area contributed by atoms with E-state index in [1.807, 2.05) is 66.0 Å². The van der Waals surface area contributed by atoms with E-state index < -0.39 is 12.0 Å². The molecular weight excluding hydrogens is 476 g/mol. The van der Waals surface area contributed by atoms with Gasteiger partial charge in [-0.2, -0.15) is 0 Å². The van der Waals surface area contributed by atoms with Gasteiger partial charge in [0.15, 0.2) is 5.78 Å². The van der Waals surface area contributed by atoms with Crippen molar-refractivity contribution in [2.24, 2.45) is 0 Å². The van der Waals surface area contributed by atoms with Gasteiger partial charge in [-0.15, -0.1) is 11.3 Å². The Morgan fingerprint density at radius 1 is 1.06 bits per heavy atom. The van der Waals surface area contributed by atoms with Gasteiger partial charge in [-0.25, -0.2) is 0 Å². The fraction of sp³-hybridized carbons (Fsp3) is 0.250. The van der Waals surface area contributed by atoms with Gasteiger partial charge in [-0.05, 0) is 53.6 Å². The summed E-state index contributed by atoms with van der Waals surface area (Å²) in [4.78, 5) is 41.1. The van der Waals surface area contributed by atoms with Gasteiger partial charge in [0.1, 0.15) is 11.8 Å². The third-order valence-corrected chi connectivity index (χ3v) is 7.63. The van der Waals surface area contributed by atoms with E-state index in [0.717, 1.165) is 27.6 Å². The Labute approximate surface area is 213 Å². The highest BCUT2D eigenvalue weighted by molar-refractivity contribution is 7.10. The first-order valence-electron chi connectivity index (χ1n) is 11.8. The van der Waals surface area contributed by atoms with Crippen molar-refractivity contribution in [2.75, 3.05) is 17.3 Å². The average Bonchev–Trinajstić information content (AvgIpc) is 3.36. The van der Waals surface area contributed by atoms with Gasteiger partial charge in [0.2, 0.25) is 5.91 Å². The number of carbonyl (C=O) groups is 3. The van der Waals surface area contributed by atoms with Crippen LogP contribution >= 0.6 is 11.3 Å². The van der Waals surface area contributed by atoms with Crippen molar-refractivity contribution in [3.05, 3.63) is 87.8 Å². The summed E-state index contributed by atoms with van der Waals surface area (Å²) in [5.41, 5.74) is 3.77. The van der Waals surface area contributed by atoms with Crippen LogP contribution in [0.2, 0.25) is 0 Å². The quantitative estimate of drug-likeness (QED) is 0.461. The Bertz CT molecular complexity index is 1330. The number of nitrogens with zero attached hydrogens (tertiary/aromatic N) is 1. The van der Waals surface area contributed by atoms with Gasteiger partial charge in [0.25, 0.3) is 0 Å². The molecule has 0 saturated carbocycles. The molecule has 1 aromatic heterocycles. The predicted molar refractivity (Wildman–Crippen MR) is 138 cm³/mol.